The van der Waals surface area contributed by atoms with Gasteiger partial charge in [-0.1, -0.05) is 55.5 Å². The predicted octanol–water partition coefficient (Wildman–Crippen LogP) is 5.62. The Bertz CT molecular complexity index is 1780. The molecule has 1 unspecified atom stereocenters. The van der Waals surface area contributed by atoms with Crippen molar-refractivity contribution < 1.29 is 31.6 Å². The Hall–Kier alpha value is -4.65. The van der Waals surface area contributed by atoms with Crippen molar-refractivity contribution >= 4 is 39.9 Å². The molecule has 47 heavy (non-hydrogen) atoms. The van der Waals surface area contributed by atoms with E-state index in [2.05, 4.69) is 26.3 Å². The second-order valence-electron chi connectivity index (χ2n) is 11.4. The van der Waals surface area contributed by atoms with Gasteiger partial charge in [-0.15, -0.1) is 0 Å². The number of furan rings is 1. The van der Waals surface area contributed by atoms with Crippen LogP contribution in [0, 0.1) is 5.82 Å². The summed E-state index contributed by atoms with van der Waals surface area (Å²) in [7, 11) is 0. The van der Waals surface area contributed by atoms with Gasteiger partial charge in [0.1, 0.15) is 17.1 Å². The van der Waals surface area contributed by atoms with E-state index in [1.54, 1.807) is 36.6 Å². The number of amides is 2. The monoisotopic (exact) mass is 669 g/mol. The van der Waals surface area contributed by atoms with Crippen LogP contribution in [0.5, 0.6) is 0 Å². The Morgan fingerprint density at radius 3 is 2.57 bits per heavy atom. The maximum absolute atomic E-state index is 14.1. The van der Waals surface area contributed by atoms with Crippen molar-refractivity contribution in [3.05, 3.63) is 107 Å². The van der Waals surface area contributed by atoms with Crippen LogP contribution in [0.2, 0.25) is 0 Å². The third kappa shape index (κ3) is 8.02. The summed E-state index contributed by atoms with van der Waals surface area (Å²) in [5.41, 5.74) is -0.0378. The number of carbonyl (C=O) groups excluding carboxylic acids is 2. The molecule has 2 aromatic heterocycles. The number of carbonyl (C=O) groups is 2. The van der Waals surface area contributed by atoms with Crippen LogP contribution in [-0.2, 0) is 41.6 Å². The van der Waals surface area contributed by atoms with Crippen LogP contribution in [0.1, 0.15) is 47.9 Å². The number of fused-ring (bicyclic) bond motifs is 3. The van der Waals surface area contributed by atoms with Gasteiger partial charge in [-0.2, -0.15) is 13.2 Å². The Morgan fingerprint density at radius 1 is 1.04 bits per heavy atom. The Balaban J connectivity index is 1.38. The number of hydrogen-bond donors (Lipinski definition) is 5. The summed E-state index contributed by atoms with van der Waals surface area (Å²) < 4.78 is 61.1. The highest BCUT2D eigenvalue weighted by molar-refractivity contribution is 7.80. The van der Waals surface area contributed by atoms with E-state index < -0.39 is 34.9 Å². The number of halogens is 4. The molecule has 5 N–H and O–H groups in total. The normalized spacial score (nSPS) is 16.4. The number of H-pyrrole nitrogens is 1. The zero-order valence-electron chi connectivity index (χ0n) is 25.7. The van der Waals surface area contributed by atoms with Gasteiger partial charge in [-0.3, -0.25) is 9.59 Å². The molecule has 1 aliphatic rings. The van der Waals surface area contributed by atoms with Crippen molar-refractivity contribution in [1.29, 1.82) is 0 Å². The molecule has 0 spiro atoms. The lowest BCUT2D eigenvalue weighted by atomic mass is 9.78. The highest BCUT2D eigenvalue weighted by Gasteiger charge is 2.44. The van der Waals surface area contributed by atoms with E-state index in [4.69, 9.17) is 16.6 Å². The summed E-state index contributed by atoms with van der Waals surface area (Å²) in [6.07, 6.45) is -0.167. The minimum absolute atomic E-state index is 0.0173. The minimum atomic E-state index is -4.56. The number of benzene rings is 2. The number of thiocarbonyl (C=S) groups is 1. The van der Waals surface area contributed by atoms with Crippen molar-refractivity contribution in [3.63, 3.8) is 0 Å². The molecule has 0 aliphatic heterocycles. The van der Waals surface area contributed by atoms with Crippen molar-refractivity contribution in [3.8, 4) is 0 Å². The van der Waals surface area contributed by atoms with Gasteiger partial charge in [0.15, 0.2) is 0 Å². The van der Waals surface area contributed by atoms with Crippen LogP contribution in [0.4, 0.5) is 17.6 Å². The number of aryl methyl sites for hydroxylation is 1. The zero-order valence-corrected chi connectivity index (χ0v) is 26.5. The third-order valence-corrected chi connectivity index (χ3v) is 8.42. The summed E-state index contributed by atoms with van der Waals surface area (Å²) >= 11 is 5.42. The van der Waals surface area contributed by atoms with Crippen molar-refractivity contribution in [2.24, 2.45) is 0 Å². The van der Waals surface area contributed by atoms with E-state index in [0.29, 0.717) is 52.5 Å². The molecule has 0 saturated heterocycles. The van der Waals surface area contributed by atoms with Gasteiger partial charge in [0, 0.05) is 23.2 Å². The molecule has 248 valence electrons. The fourth-order valence-electron chi connectivity index (χ4n) is 5.85. The van der Waals surface area contributed by atoms with Crippen LogP contribution in [0.15, 0.2) is 77.1 Å². The fourth-order valence-corrected chi connectivity index (χ4v) is 5.99. The van der Waals surface area contributed by atoms with E-state index in [1.807, 2.05) is 13.0 Å². The Labute approximate surface area is 274 Å². The maximum atomic E-state index is 14.1. The summed E-state index contributed by atoms with van der Waals surface area (Å²) in [6, 6.07) is 13.6. The number of hydrogen-bond acceptors (Lipinski definition) is 5. The first-order chi connectivity index (χ1) is 22.5. The summed E-state index contributed by atoms with van der Waals surface area (Å²) in [4.78, 5) is 30.2. The molecule has 5 rings (SSSR count). The summed E-state index contributed by atoms with van der Waals surface area (Å²) in [5, 5.41) is 12.5. The third-order valence-electron chi connectivity index (χ3n) is 8.13. The van der Waals surface area contributed by atoms with Gasteiger partial charge in [-0.25, -0.2) is 4.39 Å². The van der Waals surface area contributed by atoms with Gasteiger partial charge in [0.05, 0.1) is 48.4 Å². The first kappa shape index (κ1) is 33.7. The van der Waals surface area contributed by atoms with Crippen molar-refractivity contribution in [2.45, 2.75) is 57.3 Å². The molecule has 4 aromatic rings. The van der Waals surface area contributed by atoms with Gasteiger partial charge >= 0.3 is 6.18 Å². The van der Waals surface area contributed by atoms with E-state index in [1.165, 1.54) is 18.2 Å². The molecule has 0 saturated carbocycles. The minimum Gasteiger partial charge on any atom is -0.467 e. The molecule has 13 heteroatoms. The highest BCUT2D eigenvalue weighted by Crippen LogP contribution is 2.40. The van der Waals surface area contributed by atoms with Gasteiger partial charge in [0.25, 0.3) is 0 Å². The number of allylic oxidation sites excluding steroid dienone is 1. The standard InChI is InChI=1S/C34H35F4N5O3S/c1-2-7-22(18-39-29(44)16-21-8-3-4-12-27(21)35)43-33(32(45)41-20-30(47)40-19-23-9-6-15-46-23)14-13-28-25(17-33)24-10-5-11-26(31(24)42-28)34(36,37)38/h3-12,15,42-43H,2,13-14,16-20H2,1H3,(H,39,44)(H,40,47)(H,41,45). The molecule has 1 atom stereocenters. The molecule has 2 heterocycles. The molecule has 2 amide bonds. The molecule has 1 aliphatic carbocycles. The number of aromatic amines is 1. The molecule has 0 fully saturated rings. The smallest absolute Gasteiger partial charge is 0.418 e. The van der Waals surface area contributed by atoms with Crippen molar-refractivity contribution in [1.82, 2.24) is 26.3 Å². The second-order valence-corrected chi connectivity index (χ2v) is 11.9. The molecular weight excluding hydrogens is 634 g/mol. The number of rotatable bonds is 12. The van der Waals surface area contributed by atoms with Crippen LogP contribution >= 0.6 is 12.2 Å². The van der Waals surface area contributed by atoms with Crippen LogP contribution in [0.3, 0.4) is 0 Å². The topological polar surface area (TPSA) is 111 Å². The Morgan fingerprint density at radius 2 is 1.85 bits per heavy atom. The first-order valence-corrected chi connectivity index (χ1v) is 15.6. The summed E-state index contributed by atoms with van der Waals surface area (Å²) in [5.74, 6) is -0.623. The van der Waals surface area contributed by atoms with E-state index in [9.17, 15) is 27.2 Å². The maximum Gasteiger partial charge on any atom is 0.418 e. The predicted molar refractivity (Wildman–Crippen MR) is 174 cm³/mol. The fraction of sp³-hybridized carbons (Fsp3) is 0.324. The lowest BCUT2D eigenvalue weighted by Crippen LogP contribution is -2.61. The molecule has 2 aromatic carbocycles. The highest BCUT2D eigenvalue weighted by atomic mass is 32.1. The average molecular weight is 670 g/mol. The van der Waals surface area contributed by atoms with Gasteiger partial charge in [0.2, 0.25) is 11.8 Å². The van der Waals surface area contributed by atoms with Gasteiger partial charge < -0.3 is 30.7 Å². The van der Waals surface area contributed by atoms with E-state index >= 15 is 0 Å². The van der Waals surface area contributed by atoms with Crippen LogP contribution in [0.25, 0.3) is 10.9 Å². The second kappa shape index (κ2) is 14.4. The number of nitrogens with one attached hydrogen (secondary N) is 5. The quantitative estimate of drug-likeness (QED) is 0.0990. The molecule has 0 bridgehead atoms. The molecule has 0 radical (unpaired) electrons. The largest absolute Gasteiger partial charge is 0.467 e. The first-order valence-electron chi connectivity index (χ1n) is 15.2. The molecular formula is C34H35F4N5O3S. The van der Waals surface area contributed by atoms with Gasteiger partial charge in [-0.05, 0) is 54.7 Å². The van der Waals surface area contributed by atoms with Crippen LogP contribution < -0.4 is 21.3 Å². The molecule has 8 nitrogen and oxygen atoms in total. The van der Waals surface area contributed by atoms with E-state index in [0.717, 1.165) is 6.07 Å². The number of alkyl halides is 3. The average Bonchev–Trinajstić information content (AvgIpc) is 3.70. The van der Waals surface area contributed by atoms with Crippen molar-refractivity contribution in [2.75, 3.05) is 13.1 Å². The van der Waals surface area contributed by atoms with E-state index in [-0.39, 0.29) is 43.4 Å². The van der Waals surface area contributed by atoms with Crippen LogP contribution in [-0.4, -0.2) is 40.4 Å². The lowest BCUT2D eigenvalue weighted by molar-refractivity contribution is -0.136. The SMILES string of the molecule is CCC=C(CNC(=O)Cc1ccccc1F)NC1(C(=O)NCC(=S)NCc2ccco2)CCc2[nH]c3c(C(F)(F)F)cccc3c2C1. The summed E-state index contributed by atoms with van der Waals surface area (Å²) in [6.45, 7) is 2.28. The Kier molecular flexibility index (Phi) is 10.3. The zero-order chi connectivity index (χ0) is 33.6. The number of para-hydroxylation sites is 1. The number of aromatic nitrogens is 1. The lowest BCUT2D eigenvalue weighted by Gasteiger charge is -2.38.